The van der Waals surface area contributed by atoms with Gasteiger partial charge in [0.15, 0.2) is 6.10 Å². The Labute approximate surface area is 343 Å². The van der Waals surface area contributed by atoms with E-state index < -0.39 is 18.1 Å². The lowest BCUT2D eigenvalue weighted by Gasteiger charge is -2.34. The zero-order valence-electron chi connectivity index (χ0n) is 36.5. The van der Waals surface area contributed by atoms with E-state index in [1.54, 1.807) is 21.1 Å². The SMILES string of the molecule is CCCCC/C=C/C=C/CCCCCCCCC(=O)OC(COCCC(C(=O)[O-])[N+](C)(C)C)COC(=O)CCC/C=C/C/C=C/C/C=C/CCCCCCCC. The molecule has 0 aromatic rings. The molecule has 0 aliphatic heterocycles. The molecule has 0 rings (SSSR count). The van der Waals surface area contributed by atoms with Gasteiger partial charge in [0.2, 0.25) is 0 Å². The first-order valence-electron chi connectivity index (χ1n) is 22.3. The van der Waals surface area contributed by atoms with Crippen molar-refractivity contribution in [3.63, 3.8) is 0 Å². The van der Waals surface area contributed by atoms with Crippen molar-refractivity contribution in [2.75, 3.05) is 41.0 Å². The van der Waals surface area contributed by atoms with Gasteiger partial charge in [-0.2, -0.15) is 0 Å². The molecular weight excluding hydrogens is 703 g/mol. The fourth-order valence-corrected chi connectivity index (χ4v) is 6.14. The first-order valence-corrected chi connectivity index (χ1v) is 22.3. The lowest BCUT2D eigenvalue weighted by molar-refractivity contribution is -0.889. The second kappa shape index (κ2) is 38.9. The highest BCUT2D eigenvalue weighted by Gasteiger charge is 2.25. The van der Waals surface area contributed by atoms with Crippen molar-refractivity contribution < 1.29 is 38.2 Å². The first-order chi connectivity index (χ1) is 27.1. The van der Waals surface area contributed by atoms with Gasteiger partial charge in [-0.1, -0.05) is 145 Å². The number of carboxylic acids is 1. The Morgan fingerprint density at radius 1 is 0.554 bits per heavy atom. The largest absolute Gasteiger partial charge is 0.544 e. The predicted octanol–water partition coefficient (Wildman–Crippen LogP) is 10.9. The number of carbonyl (C=O) groups excluding carboxylic acids is 3. The first kappa shape index (κ1) is 53.0. The lowest BCUT2D eigenvalue weighted by atomic mass is 10.1. The van der Waals surface area contributed by atoms with Gasteiger partial charge in [-0.15, -0.1) is 0 Å². The summed E-state index contributed by atoms with van der Waals surface area (Å²) in [6.45, 7) is 4.55. The summed E-state index contributed by atoms with van der Waals surface area (Å²) < 4.78 is 17.1. The minimum Gasteiger partial charge on any atom is -0.544 e. The molecule has 0 saturated carbocycles. The molecule has 8 nitrogen and oxygen atoms in total. The van der Waals surface area contributed by atoms with Gasteiger partial charge >= 0.3 is 11.9 Å². The topological polar surface area (TPSA) is 102 Å². The van der Waals surface area contributed by atoms with E-state index in [4.69, 9.17) is 14.2 Å². The standard InChI is InChI=1S/C48H83NO7/c1-6-8-10-12-14-16-18-20-22-23-25-26-28-30-32-34-36-38-46(50)55-43-44(42-54-41-40-45(48(52)53)49(3,4)5)56-47(51)39-37-35-33-31-29-27-24-21-19-17-15-13-11-9-7-2/h15,17,19-22,25-26,30,32,44-45H,6-14,16,18,23-24,27-29,31,33-43H2,1-5H3/b17-15+,21-19+,22-20+,26-25+,32-30+. The number of esters is 2. The lowest BCUT2D eigenvalue weighted by Crippen LogP contribution is -2.55. The van der Waals surface area contributed by atoms with E-state index in [9.17, 15) is 19.5 Å². The van der Waals surface area contributed by atoms with Crippen molar-refractivity contribution in [2.24, 2.45) is 0 Å². The van der Waals surface area contributed by atoms with Crippen LogP contribution in [0.2, 0.25) is 0 Å². The van der Waals surface area contributed by atoms with E-state index in [2.05, 4.69) is 74.6 Å². The summed E-state index contributed by atoms with van der Waals surface area (Å²) in [7, 11) is 5.38. The number of unbranched alkanes of at least 4 members (excludes halogenated alkanes) is 16. The third kappa shape index (κ3) is 36.7. The maximum Gasteiger partial charge on any atom is 0.306 e. The fraction of sp³-hybridized carbons (Fsp3) is 0.729. The van der Waals surface area contributed by atoms with Crippen molar-refractivity contribution >= 4 is 17.9 Å². The molecule has 322 valence electrons. The van der Waals surface area contributed by atoms with Gasteiger partial charge in [-0.25, -0.2) is 0 Å². The van der Waals surface area contributed by atoms with Crippen LogP contribution in [0.4, 0.5) is 0 Å². The summed E-state index contributed by atoms with van der Waals surface area (Å²) in [4.78, 5) is 36.8. The van der Waals surface area contributed by atoms with Crippen LogP contribution in [0.25, 0.3) is 0 Å². The van der Waals surface area contributed by atoms with Gasteiger partial charge in [0, 0.05) is 19.3 Å². The minimum absolute atomic E-state index is 0.0181. The van der Waals surface area contributed by atoms with Crippen LogP contribution in [0.3, 0.4) is 0 Å². The van der Waals surface area contributed by atoms with Gasteiger partial charge in [-0.3, -0.25) is 9.59 Å². The monoisotopic (exact) mass is 786 g/mol. The number of carboxylic acid groups (broad SMARTS) is 1. The van der Waals surface area contributed by atoms with Crippen LogP contribution in [0.5, 0.6) is 0 Å². The van der Waals surface area contributed by atoms with Crippen molar-refractivity contribution in [1.29, 1.82) is 0 Å². The number of aliphatic carboxylic acids is 1. The molecule has 0 heterocycles. The minimum atomic E-state index is -1.14. The van der Waals surface area contributed by atoms with Crippen LogP contribution >= 0.6 is 0 Å². The van der Waals surface area contributed by atoms with E-state index in [0.717, 1.165) is 57.8 Å². The fourth-order valence-electron chi connectivity index (χ4n) is 6.14. The number of likely N-dealkylation sites (N-methyl/N-ethyl adjacent to an activating group) is 1. The summed E-state index contributed by atoms with van der Waals surface area (Å²) in [6.07, 6.45) is 46.8. The third-order valence-electron chi connectivity index (χ3n) is 9.65. The molecule has 0 radical (unpaired) electrons. The second-order valence-electron chi connectivity index (χ2n) is 16.0. The molecule has 0 aromatic carbocycles. The van der Waals surface area contributed by atoms with Crippen molar-refractivity contribution in [3.8, 4) is 0 Å². The molecule has 0 aliphatic carbocycles. The maximum absolute atomic E-state index is 12.7. The molecule has 0 bridgehead atoms. The summed E-state index contributed by atoms with van der Waals surface area (Å²) in [5.74, 6) is -1.82. The Morgan fingerprint density at radius 2 is 1.02 bits per heavy atom. The Morgan fingerprint density at radius 3 is 1.59 bits per heavy atom. The highest BCUT2D eigenvalue weighted by Crippen LogP contribution is 2.12. The molecule has 2 unspecified atom stereocenters. The molecule has 56 heavy (non-hydrogen) atoms. The average Bonchev–Trinajstić information content (AvgIpc) is 3.15. The molecule has 0 amide bonds. The van der Waals surface area contributed by atoms with Gasteiger partial charge < -0.3 is 28.6 Å². The zero-order valence-corrected chi connectivity index (χ0v) is 36.5. The number of quaternary nitrogens is 1. The Kier molecular flexibility index (Phi) is 36.8. The molecular formula is C48H83NO7. The molecule has 0 spiro atoms. The van der Waals surface area contributed by atoms with Gasteiger partial charge in [0.25, 0.3) is 0 Å². The summed E-state index contributed by atoms with van der Waals surface area (Å²) in [6, 6.07) is -0.737. The molecule has 0 aliphatic rings. The quantitative estimate of drug-likeness (QED) is 0.0201. The number of nitrogens with zero attached hydrogens (tertiary/aromatic N) is 1. The summed E-state index contributed by atoms with van der Waals surface area (Å²) >= 11 is 0. The molecule has 0 saturated heterocycles. The molecule has 0 N–H and O–H groups in total. The van der Waals surface area contributed by atoms with Gasteiger partial charge in [0.1, 0.15) is 12.6 Å². The van der Waals surface area contributed by atoms with Gasteiger partial charge in [-0.05, 0) is 70.6 Å². The molecule has 0 fully saturated rings. The van der Waals surface area contributed by atoms with Crippen LogP contribution in [-0.4, -0.2) is 75.5 Å². The second-order valence-corrected chi connectivity index (χ2v) is 16.0. The van der Waals surface area contributed by atoms with Gasteiger partial charge in [0.05, 0.1) is 40.3 Å². The number of rotatable bonds is 39. The summed E-state index contributed by atoms with van der Waals surface area (Å²) in [5, 5.41) is 11.6. The predicted molar refractivity (Wildman–Crippen MR) is 231 cm³/mol. The third-order valence-corrected chi connectivity index (χ3v) is 9.65. The van der Waals surface area contributed by atoms with E-state index in [-0.39, 0.29) is 49.1 Å². The van der Waals surface area contributed by atoms with E-state index in [0.29, 0.717) is 12.8 Å². The van der Waals surface area contributed by atoms with Crippen LogP contribution in [-0.2, 0) is 28.6 Å². The van der Waals surface area contributed by atoms with Crippen LogP contribution in [0, 0.1) is 0 Å². The van der Waals surface area contributed by atoms with E-state index in [1.807, 2.05) is 0 Å². The Balaban J connectivity index is 4.45. The molecule has 8 heteroatoms. The van der Waals surface area contributed by atoms with Crippen LogP contribution in [0.15, 0.2) is 60.8 Å². The number of hydrogen-bond donors (Lipinski definition) is 0. The van der Waals surface area contributed by atoms with Crippen molar-refractivity contribution in [3.05, 3.63) is 60.8 Å². The van der Waals surface area contributed by atoms with Crippen molar-refractivity contribution in [2.45, 2.75) is 187 Å². The molecule has 2 atom stereocenters. The van der Waals surface area contributed by atoms with Crippen molar-refractivity contribution in [1.82, 2.24) is 0 Å². The van der Waals surface area contributed by atoms with Crippen LogP contribution < -0.4 is 5.11 Å². The highest BCUT2D eigenvalue weighted by molar-refractivity contribution is 5.70. The Hall–Kier alpha value is -2.97. The number of carbonyl (C=O) groups is 3. The van der Waals surface area contributed by atoms with Crippen LogP contribution in [0.1, 0.15) is 174 Å². The van der Waals surface area contributed by atoms with E-state index in [1.165, 1.54) is 77.0 Å². The summed E-state index contributed by atoms with van der Waals surface area (Å²) in [5.41, 5.74) is 0. The zero-order chi connectivity index (χ0) is 41.4. The highest BCUT2D eigenvalue weighted by atomic mass is 16.6. The maximum atomic E-state index is 12.7. The molecule has 0 aromatic heterocycles. The normalized spacial score (nSPS) is 13.5. The number of hydrogen-bond acceptors (Lipinski definition) is 7. The Bertz CT molecular complexity index is 1100. The smallest absolute Gasteiger partial charge is 0.306 e. The van der Waals surface area contributed by atoms with E-state index >= 15 is 0 Å². The average molecular weight is 786 g/mol. The number of allylic oxidation sites excluding steroid dienone is 10. The number of ether oxygens (including phenoxy) is 3.